The second-order valence-electron chi connectivity index (χ2n) is 6.53. The molecule has 0 aliphatic carbocycles. The number of carboxylic acids is 1. The van der Waals surface area contributed by atoms with Crippen LogP contribution < -0.4 is 16.0 Å². The van der Waals surface area contributed by atoms with Gasteiger partial charge < -0.3 is 15.6 Å². The molecule has 1 amide bonds. The topological polar surface area (TPSA) is 112 Å². The number of pyridine rings is 1. The molecule has 31 heavy (non-hydrogen) atoms. The number of halogens is 3. The molecule has 0 fully saturated rings. The molecule has 0 atom stereocenters. The van der Waals surface area contributed by atoms with Gasteiger partial charge in [-0.3, -0.25) is 14.2 Å². The molecule has 10 heteroatoms. The smallest absolute Gasteiger partial charge is 0.337 e. The maximum absolute atomic E-state index is 13.8. The van der Waals surface area contributed by atoms with E-state index in [1.165, 1.54) is 37.3 Å². The van der Waals surface area contributed by atoms with E-state index in [-0.39, 0.29) is 44.9 Å². The first-order valence-electron chi connectivity index (χ1n) is 8.76. The van der Waals surface area contributed by atoms with E-state index in [1.807, 2.05) is 0 Å². The van der Waals surface area contributed by atoms with E-state index in [9.17, 15) is 28.3 Å². The maximum Gasteiger partial charge on any atom is 0.337 e. The van der Waals surface area contributed by atoms with Crippen LogP contribution in [0.4, 0.5) is 8.78 Å². The Morgan fingerprint density at radius 1 is 1.16 bits per heavy atom. The summed E-state index contributed by atoms with van der Waals surface area (Å²) >= 11 is 3.12. The molecular formula is C21H15BrF2N2O5. The van der Waals surface area contributed by atoms with Crippen LogP contribution in [0.3, 0.4) is 0 Å². The third-order valence-corrected chi connectivity index (χ3v) is 5.18. The lowest BCUT2D eigenvalue weighted by molar-refractivity contribution is 0.0696. The van der Waals surface area contributed by atoms with Gasteiger partial charge in [-0.15, -0.1) is 0 Å². The molecule has 0 aliphatic rings. The summed E-state index contributed by atoms with van der Waals surface area (Å²) in [6.45, 7) is 1.26. The molecule has 0 spiro atoms. The fourth-order valence-electron chi connectivity index (χ4n) is 2.93. The van der Waals surface area contributed by atoms with Crippen LogP contribution in [0.25, 0.3) is 5.69 Å². The molecule has 3 rings (SSSR count). The summed E-state index contributed by atoms with van der Waals surface area (Å²) in [7, 11) is 0. The van der Waals surface area contributed by atoms with Crippen molar-refractivity contribution in [1.82, 2.24) is 4.57 Å². The van der Waals surface area contributed by atoms with Crippen LogP contribution in [-0.2, 0) is 6.61 Å². The average Bonchev–Trinajstić information content (AvgIpc) is 2.70. The zero-order chi connectivity index (χ0) is 22.9. The highest BCUT2D eigenvalue weighted by Crippen LogP contribution is 2.27. The van der Waals surface area contributed by atoms with Crippen molar-refractivity contribution in [2.24, 2.45) is 5.73 Å². The van der Waals surface area contributed by atoms with Gasteiger partial charge in [0.25, 0.3) is 5.56 Å². The number of nitrogens with zero attached hydrogens (tertiary/aromatic N) is 1. The Morgan fingerprint density at radius 3 is 2.48 bits per heavy atom. The fraction of sp³-hybridized carbons (Fsp3) is 0.0952. The minimum atomic E-state index is -1.31. The number of benzene rings is 2. The average molecular weight is 493 g/mol. The summed E-state index contributed by atoms with van der Waals surface area (Å²) in [5.74, 6) is -3.54. The Hall–Kier alpha value is -3.53. The van der Waals surface area contributed by atoms with Gasteiger partial charge in [0.05, 0.1) is 11.3 Å². The number of carbonyl (C=O) groups excluding carboxylic acids is 1. The molecule has 0 saturated carbocycles. The number of hydrogen-bond acceptors (Lipinski definition) is 4. The van der Waals surface area contributed by atoms with E-state index in [4.69, 9.17) is 10.5 Å². The van der Waals surface area contributed by atoms with Crippen molar-refractivity contribution in [2.75, 3.05) is 0 Å². The van der Waals surface area contributed by atoms with Crippen molar-refractivity contribution in [3.63, 3.8) is 0 Å². The van der Waals surface area contributed by atoms with E-state index >= 15 is 0 Å². The number of aromatic carboxylic acids is 1. The predicted octanol–water partition coefficient (Wildman–Crippen LogP) is 3.56. The van der Waals surface area contributed by atoms with Gasteiger partial charge in [0.1, 0.15) is 28.5 Å². The molecule has 1 aromatic heterocycles. The number of carboxylic acid groups (broad SMARTS) is 1. The molecule has 0 bridgehead atoms. The molecule has 3 N–H and O–H groups in total. The van der Waals surface area contributed by atoms with Gasteiger partial charge in [-0.25, -0.2) is 13.6 Å². The number of nitrogens with two attached hydrogens (primary N) is 1. The molecular weight excluding hydrogens is 478 g/mol. The minimum Gasteiger partial charge on any atom is -0.487 e. The number of aromatic nitrogens is 1. The summed E-state index contributed by atoms with van der Waals surface area (Å²) in [5.41, 5.74) is 4.73. The number of carbonyl (C=O) groups is 2. The van der Waals surface area contributed by atoms with Gasteiger partial charge >= 0.3 is 5.97 Å². The first-order valence-corrected chi connectivity index (χ1v) is 9.56. The summed E-state index contributed by atoms with van der Waals surface area (Å²) in [6, 6.07) is 8.10. The van der Waals surface area contributed by atoms with E-state index < -0.39 is 29.1 Å². The molecule has 0 aliphatic heterocycles. The van der Waals surface area contributed by atoms with Gasteiger partial charge in [0, 0.05) is 29.0 Å². The summed E-state index contributed by atoms with van der Waals surface area (Å²) in [5, 5.41) is 9.49. The number of ether oxygens (including phenoxy) is 1. The zero-order valence-corrected chi connectivity index (χ0v) is 17.6. The van der Waals surface area contributed by atoms with Crippen molar-refractivity contribution in [1.29, 1.82) is 0 Å². The highest BCUT2D eigenvalue weighted by Gasteiger charge is 2.20. The van der Waals surface area contributed by atoms with Crippen LogP contribution >= 0.6 is 15.9 Å². The Kier molecular flexibility index (Phi) is 6.21. The molecule has 0 unspecified atom stereocenters. The van der Waals surface area contributed by atoms with E-state index in [0.717, 1.165) is 16.7 Å². The lowest BCUT2D eigenvalue weighted by Gasteiger charge is -2.17. The Labute approximate surface area is 182 Å². The Bertz CT molecular complexity index is 1270. The lowest BCUT2D eigenvalue weighted by atomic mass is 10.1. The normalized spacial score (nSPS) is 10.7. The van der Waals surface area contributed by atoms with Crippen molar-refractivity contribution >= 4 is 27.8 Å². The lowest BCUT2D eigenvalue weighted by Crippen LogP contribution is -2.25. The van der Waals surface area contributed by atoms with Crippen molar-refractivity contribution in [2.45, 2.75) is 13.5 Å². The van der Waals surface area contributed by atoms with Crippen LogP contribution in [-0.4, -0.2) is 21.6 Å². The monoisotopic (exact) mass is 492 g/mol. The maximum atomic E-state index is 13.8. The van der Waals surface area contributed by atoms with Gasteiger partial charge in [-0.2, -0.15) is 0 Å². The molecule has 160 valence electrons. The van der Waals surface area contributed by atoms with Gasteiger partial charge in [0.15, 0.2) is 0 Å². The first kappa shape index (κ1) is 22.2. The number of primary amides is 1. The number of rotatable bonds is 6. The summed E-state index contributed by atoms with van der Waals surface area (Å²) in [6.07, 6.45) is 0. The predicted molar refractivity (Wildman–Crippen MR) is 111 cm³/mol. The minimum absolute atomic E-state index is 0.0227. The Balaban J connectivity index is 2.07. The number of amides is 1. The third-order valence-electron chi connectivity index (χ3n) is 4.45. The number of aryl methyl sites for hydroxylation is 1. The third kappa shape index (κ3) is 4.48. The van der Waals surface area contributed by atoms with E-state index in [1.54, 1.807) is 0 Å². The van der Waals surface area contributed by atoms with Crippen LogP contribution in [0.2, 0.25) is 0 Å². The quantitative estimate of drug-likeness (QED) is 0.546. The standard InChI is InChI=1S/C21H15BrF2N2O5/c1-10-6-17(31-9-12-2-4-13(23)8-15(12)24)18(22)20(28)26(10)16-7-11(19(25)27)3-5-14(16)21(29)30/h2-8H,9H2,1H3,(H2,25,27)(H,29,30). The molecule has 0 saturated heterocycles. The Morgan fingerprint density at radius 2 is 1.87 bits per heavy atom. The van der Waals surface area contributed by atoms with Crippen LogP contribution in [0.15, 0.2) is 51.7 Å². The largest absolute Gasteiger partial charge is 0.487 e. The van der Waals surface area contributed by atoms with E-state index in [0.29, 0.717) is 0 Å². The van der Waals surface area contributed by atoms with Crippen LogP contribution in [0.1, 0.15) is 32.0 Å². The van der Waals surface area contributed by atoms with Gasteiger partial charge in [-0.1, -0.05) is 0 Å². The van der Waals surface area contributed by atoms with Crippen molar-refractivity contribution in [3.8, 4) is 11.4 Å². The molecule has 0 radical (unpaired) electrons. The zero-order valence-electron chi connectivity index (χ0n) is 16.0. The van der Waals surface area contributed by atoms with Gasteiger partial charge in [-0.05, 0) is 53.2 Å². The molecule has 1 heterocycles. The fourth-order valence-corrected chi connectivity index (χ4v) is 3.34. The molecule has 7 nitrogen and oxygen atoms in total. The van der Waals surface area contributed by atoms with E-state index in [2.05, 4.69) is 15.9 Å². The van der Waals surface area contributed by atoms with Crippen molar-refractivity contribution in [3.05, 3.63) is 91.3 Å². The molecule has 3 aromatic rings. The van der Waals surface area contributed by atoms with Crippen molar-refractivity contribution < 1.29 is 28.2 Å². The SMILES string of the molecule is Cc1cc(OCc2ccc(F)cc2F)c(Br)c(=O)n1-c1cc(C(N)=O)ccc1C(=O)O. The highest BCUT2D eigenvalue weighted by molar-refractivity contribution is 9.10. The summed E-state index contributed by atoms with van der Waals surface area (Å²) < 4.78 is 33.4. The first-order chi connectivity index (χ1) is 14.6. The number of hydrogen-bond donors (Lipinski definition) is 2. The van der Waals surface area contributed by atoms with Gasteiger partial charge in [0.2, 0.25) is 5.91 Å². The summed E-state index contributed by atoms with van der Waals surface area (Å²) in [4.78, 5) is 36.2. The molecule has 2 aromatic carbocycles. The second kappa shape index (κ2) is 8.68. The van der Waals surface area contributed by atoms with Crippen LogP contribution in [0, 0.1) is 18.6 Å². The van der Waals surface area contributed by atoms with Crippen LogP contribution in [0.5, 0.6) is 5.75 Å². The second-order valence-corrected chi connectivity index (χ2v) is 7.32. The highest BCUT2D eigenvalue weighted by atomic mass is 79.9.